The van der Waals surface area contributed by atoms with Gasteiger partial charge in [-0.15, -0.1) is 0 Å². The van der Waals surface area contributed by atoms with E-state index in [2.05, 4.69) is 42.2 Å². The standard InChI is InChI=1S/C14H13Br2N3O/c1-7-3-4-10(8(2)18-7)14(20)19-13-11(16)5-9(15)6-12(13)17/h3-6H,17H2,1-2H3,(H,19,20). The van der Waals surface area contributed by atoms with Crippen LogP contribution in [0.15, 0.2) is 33.2 Å². The number of nitrogen functional groups attached to an aromatic ring is 1. The molecule has 0 aliphatic carbocycles. The van der Waals surface area contributed by atoms with Crippen LogP contribution >= 0.6 is 31.9 Å². The van der Waals surface area contributed by atoms with E-state index >= 15 is 0 Å². The summed E-state index contributed by atoms with van der Waals surface area (Å²) in [6.45, 7) is 3.69. The van der Waals surface area contributed by atoms with E-state index in [9.17, 15) is 4.79 Å². The minimum absolute atomic E-state index is 0.232. The number of nitrogens with two attached hydrogens (primary N) is 1. The number of nitrogens with zero attached hydrogens (tertiary/aromatic N) is 1. The zero-order chi connectivity index (χ0) is 14.9. The summed E-state index contributed by atoms with van der Waals surface area (Å²) >= 11 is 6.73. The molecule has 0 atom stereocenters. The fourth-order valence-electron chi connectivity index (χ4n) is 1.83. The van der Waals surface area contributed by atoms with Gasteiger partial charge in [-0.3, -0.25) is 9.78 Å². The Kier molecular flexibility index (Phi) is 4.45. The average molecular weight is 399 g/mol. The summed E-state index contributed by atoms with van der Waals surface area (Å²) in [4.78, 5) is 16.6. The molecular formula is C14H13Br2N3O. The Balaban J connectivity index is 2.33. The minimum atomic E-state index is -0.232. The summed E-state index contributed by atoms with van der Waals surface area (Å²) in [6.07, 6.45) is 0. The van der Waals surface area contributed by atoms with Gasteiger partial charge in [0, 0.05) is 14.6 Å². The van der Waals surface area contributed by atoms with Gasteiger partial charge in [0.05, 0.1) is 22.6 Å². The van der Waals surface area contributed by atoms with Gasteiger partial charge in [0.15, 0.2) is 0 Å². The number of amides is 1. The number of pyridine rings is 1. The van der Waals surface area contributed by atoms with E-state index in [-0.39, 0.29) is 5.91 Å². The Morgan fingerprint density at radius 3 is 2.55 bits per heavy atom. The Morgan fingerprint density at radius 2 is 1.95 bits per heavy atom. The zero-order valence-corrected chi connectivity index (χ0v) is 14.2. The van der Waals surface area contributed by atoms with Crippen molar-refractivity contribution in [1.29, 1.82) is 0 Å². The predicted molar refractivity (Wildman–Crippen MR) is 87.9 cm³/mol. The van der Waals surface area contributed by atoms with Crippen LogP contribution in [0.25, 0.3) is 0 Å². The molecular weight excluding hydrogens is 386 g/mol. The van der Waals surface area contributed by atoms with Crippen LogP contribution in [0.4, 0.5) is 11.4 Å². The molecule has 0 fully saturated rings. The van der Waals surface area contributed by atoms with Crippen molar-refractivity contribution in [3.63, 3.8) is 0 Å². The lowest BCUT2D eigenvalue weighted by Crippen LogP contribution is -2.15. The molecule has 1 aromatic carbocycles. The highest BCUT2D eigenvalue weighted by molar-refractivity contribution is 9.11. The molecule has 0 aliphatic heterocycles. The quantitative estimate of drug-likeness (QED) is 0.749. The van der Waals surface area contributed by atoms with Gasteiger partial charge in [-0.2, -0.15) is 0 Å². The molecule has 1 aromatic heterocycles. The number of benzene rings is 1. The van der Waals surface area contributed by atoms with Gasteiger partial charge in [0.1, 0.15) is 0 Å². The summed E-state index contributed by atoms with van der Waals surface area (Å²) in [5.41, 5.74) is 9.06. The second kappa shape index (κ2) is 5.93. The summed E-state index contributed by atoms with van der Waals surface area (Å²) < 4.78 is 1.56. The zero-order valence-electron chi connectivity index (χ0n) is 11.0. The van der Waals surface area contributed by atoms with E-state index in [0.29, 0.717) is 22.6 Å². The van der Waals surface area contributed by atoms with Crippen LogP contribution in [-0.2, 0) is 0 Å². The number of aromatic nitrogens is 1. The first-order valence-electron chi connectivity index (χ1n) is 5.88. The number of hydrogen-bond acceptors (Lipinski definition) is 3. The highest BCUT2D eigenvalue weighted by Gasteiger charge is 2.14. The molecule has 2 aromatic rings. The average Bonchev–Trinajstić information content (AvgIpc) is 2.33. The summed E-state index contributed by atoms with van der Waals surface area (Å²) in [6, 6.07) is 7.13. The van der Waals surface area contributed by atoms with Gasteiger partial charge >= 0.3 is 0 Å². The van der Waals surface area contributed by atoms with E-state index in [1.54, 1.807) is 12.1 Å². The maximum absolute atomic E-state index is 12.3. The molecule has 104 valence electrons. The molecule has 0 saturated heterocycles. The molecule has 0 saturated carbocycles. The number of carbonyl (C=O) groups is 1. The third-order valence-electron chi connectivity index (χ3n) is 2.79. The fraction of sp³-hybridized carbons (Fsp3) is 0.143. The maximum Gasteiger partial charge on any atom is 0.257 e. The second-order valence-corrected chi connectivity index (χ2v) is 6.16. The van der Waals surface area contributed by atoms with Crippen molar-refractivity contribution in [3.8, 4) is 0 Å². The molecule has 3 N–H and O–H groups in total. The molecule has 0 unspecified atom stereocenters. The number of nitrogens with one attached hydrogen (secondary N) is 1. The van der Waals surface area contributed by atoms with Crippen LogP contribution in [0.2, 0.25) is 0 Å². The molecule has 0 bridgehead atoms. The van der Waals surface area contributed by atoms with Crippen molar-refractivity contribution in [1.82, 2.24) is 4.98 Å². The fourth-order valence-corrected chi connectivity index (χ4v) is 3.19. The van der Waals surface area contributed by atoms with Gasteiger partial charge in [0.25, 0.3) is 5.91 Å². The van der Waals surface area contributed by atoms with Crippen LogP contribution in [0.1, 0.15) is 21.7 Å². The number of aryl methyl sites for hydroxylation is 2. The minimum Gasteiger partial charge on any atom is -0.397 e. The van der Waals surface area contributed by atoms with E-state index < -0.39 is 0 Å². The smallest absolute Gasteiger partial charge is 0.257 e. The second-order valence-electron chi connectivity index (χ2n) is 4.39. The molecule has 1 heterocycles. The lowest BCUT2D eigenvalue weighted by Gasteiger charge is -2.12. The third kappa shape index (κ3) is 3.19. The van der Waals surface area contributed by atoms with E-state index in [0.717, 1.165) is 14.6 Å². The molecule has 20 heavy (non-hydrogen) atoms. The Morgan fingerprint density at radius 1 is 1.25 bits per heavy atom. The largest absolute Gasteiger partial charge is 0.397 e. The predicted octanol–water partition coefficient (Wildman–Crippen LogP) is 4.06. The highest BCUT2D eigenvalue weighted by atomic mass is 79.9. The van der Waals surface area contributed by atoms with Crippen LogP contribution < -0.4 is 11.1 Å². The van der Waals surface area contributed by atoms with Crippen molar-refractivity contribution in [2.75, 3.05) is 11.1 Å². The molecule has 0 spiro atoms. The number of hydrogen-bond donors (Lipinski definition) is 2. The van der Waals surface area contributed by atoms with E-state index in [1.807, 2.05) is 26.0 Å². The molecule has 1 amide bonds. The van der Waals surface area contributed by atoms with Crippen LogP contribution in [0.3, 0.4) is 0 Å². The van der Waals surface area contributed by atoms with Crippen LogP contribution in [-0.4, -0.2) is 10.9 Å². The molecule has 0 radical (unpaired) electrons. The third-order valence-corrected chi connectivity index (χ3v) is 3.88. The van der Waals surface area contributed by atoms with Crippen molar-refractivity contribution in [2.24, 2.45) is 0 Å². The van der Waals surface area contributed by atoms with Crippen molar-refractivity contribution < 1.29 is 4.79 Å². The lowest BCUT2D eigenvalue weighted by atomic mass is 10.1. The lowest BCUT2D eigenvalue weighted by molar-refractivity contribution is 0.102. The van der Waals surface area contributed by atoms with Gasteiger partial charge in [0.2, 0.25) is 0 Å². The summed E-state index contributed by atoms with van der Waals surface area (Å²) in [5.74, 6) is -0.232. The van der Waals surface area contributed by atoms with Gasteiger partial charge in [-0.05, 0) is 54.0 Å². The first-order chi connectivity index (χ1) is 9.38. The molecule has 2 rings (SSSR count). The first-order valence-corrected chi connectivity index (χ1v) is 7.47. The normalized spacial score (nSPS) is 10.4. The Hall–Kier alpha value is -1.40. The van der Waals surface area contributed by atoms with Gasteiger partial charge in [-0.25, -0.2) is 0 Å². The van der Waals surface area contributed by atoms with Crippen molar-refractivity contribution in [3.05, 3.63) is 50.2 Å². The molecule has 6 heteroatoms. The summed E-state index contributed by atoms with van der Waals surface area (Å²) in [7, 11) is 0. The van der Waals surface area contributed by atoms with Crippen LogP contribution in [0.5, 0.6) is 0 Å². The highest BCUT2D eigenvalue weighted by Crippen LogP contribution is 2.32. The van der Waals surface area contributed by atoms with Gasteiger partial charge < -0.3 is 11.1 Å². The summed E-state index contributed by atoms with van der Waals surface area (Å²) in [5, 5.41) is 2.81. The molecule has 4 nitrogen and oxygen atoms in total. The number of anilines is 2. The topological polar surface area (TPSA) is 68.0 Å². The van der Waals surface area contributed by atoms with E-state index in [4.69, 9.17) is 5.73 Å². The van der Waals surface area contributed by atoms with Crippen molar-refractivity contribution in [2.45, 2.75) is 13.8 Å². The maximum atomic E-state index is 12.3. The number of carbonyl (C=O) groups excluding carboxylic acids is 1. The van der Waals surface area contributed by atoms with Crippen molar-refractivity contribution >= 4 is 49.1 Å². The Bertz CT molecular complexity index is 663. The monoisotopic (exact) mass is 397 g/mol. The first kappa shape index (κ1) is 15.0. The number of rotatable bonds is 2. The van der Waals surface area contributed by atoms with Gasteiger partial charge in [-0.1, -0.05) is 15.9 Å². The SMILES string of the molecule is Cc1ccc(C(=O)Nc2c(N)cc(Br)cc2Br)c(C)n1. The van der Waals surface area contributed by atoms with Crippen LogP contribution in [0, 0.1) is 13.8 Å². The Labute approximate surface area is 134 Å². The number of halogens is 2. The van der Waals surface area contributed by atoms with E-state index in [1.165, 1.54) is 0 Å². The molecule has 0 aliphatic rings.